The van der Waals surface area contributed by atoms with Gasteiger partial charge in [0.1, 0.15) is 6.10 Å². The molecule has 0 bridgehead atoms. The number of benzene rings is 1. The summed E-state index contributed by atoms with van der Waals surface area (Å²) < 4.78 is 5.67. The van der Waals surface area contributed by atoms with Gasteiger partial charge in [0.2, 0.25) is 5.91 Å². The summed E-state index contributed by atoms with van der Waals surface area (Å²) in [4.78, 5) is 28.0. The van der Waals surface area contributed by atoms with Crippen LogP contribution in [-0.4, -0.2) is 68.2 Å². The molecule has 0 aliphatic rings. The molecule has 1 aromatic rings. The number of primary amides is 1. The van der Waals surface area contributed by atoms with Gasteiger partial charge in [-0.3, -0.25) is 4.79 Å². The van der Waals surface area contributed by atoms with E-state index in [0.717, 1.165) is 12.1 Å². The summed E-state index contributed by atoms with van der Waals surface area (Å²) in [5.74, 6) is -1.38. The van der Waals surface area contributed by atoms with Gasteiger partial charge in [-0.2, -0.15) is 0 Å². The summed E-state index contributed by atoms with van der Waals surface area (Å²) in [7, 11) is 5.58. The third kappa shape index (κ3) is 7.56. The van der Waals surface area contributed by atoms with E-state index in [1.54, 1.807) is 20.9 Å². The van der Waals surface area contributed by atoms with Gasteiger partial charge in [-0.05, 0) is 39.9 Å². The van der Waals surface area contributed by atoms with Crippen LogP contribution in [0.5, 0.6) is 0 Å². The van der Waals surface area contributed by atoms with Crippen molar-refractivity contribution >= 4 is 12.0 Å². The number of nitrogens with two attached hydrogens (primary N) is 2. The maximum atomic E-state index is 12.4. The summed E-state index contributed by atoms with van der Waals surface area (Å²) in [6, 6.07) is 9.31. The molecule has 7 nitrogen and oxygen atoms in total. The van der Waals surface area contributed by atoms with Crippen LogP contribution in [0.3, 0.4) is 0 Å². The zero-order chi connectivity index (χ0) is 20.6. The molecule has 0 aromatic heterocycles. The second-order valence-corrected chi connectivity index (χ2v) is 7.45. The lowest BCUT2D eigenvalue weighted by Crippen LogP contribution is -2.47. The average molecular weight is 379 g/mol. The zero-order valence-electron chi connectivity index (χ0n) is 17.1. The molecule has 7 heteroatoms. The molecule has 4 atom stereocenters. The van der Waals surface area contributed by atoms with Gasteiger partial charge in [-0.15, -0.1) is 0 Å². The van der Waals surface area contributed by atoms with Crippen LogP contribution in [0.4, 0.5) is 4.79 Å². The number of likely N-dealkylation sites (N-methyl/N-ethyl adjacent to an activating group) is 2. The highest BCUT2D eigenvalue weighted by molar-refractivity contribution is 5.78. The number of carbonyl (C=O) groups excluding carboxylic acids is 2. The summed E-state index contributed by atoms with van der Waals surface area (Å²) in [6.07, 6.45) is -0.385. The Labute approximate surface area is 162 Å². The highest BCUT2D eigenvalue weighted by Gasteiger charge is 2.36. The van der Waals surface area contributed by atoms with Gasteiger partial charge in [0, 0.05) is 32.1 Å². The van der Waals surface area contributed by atoms with Crippen molar-refractivity contribution in [2.75, 3.05) is 34.2 Å². The molecule has 4 N–H and O–H groups in total. The Bertz CT molecular complexity index is 592. The van der Waals surface area contributed by atoms with Crippen molar-refractivity contribution in [3.05, 3.63) is 35.9 Å². The Hall–Kier alpha value is -2.12. The second-order valence-electron chi connectivity index (χ2n) is 7.45. The van der Waals surface area contributed by atoms with Crippen LogP contribution in [0, 0.1) is 11.8 Å². The standard InChI is InChI=1S/C20H34N4O3/c1-14(21)18(19(22)25)17(13-16-9-7-6-8-10-16)15(2)27-20(26)24(5)12-11-23(3)4/h6-10,14-15,17-18H,11-13,21H2,1-5H3,(H2,22,25)/t14?,15-,17?,18?/m1/s1. The van der Waals surface area contributed by atoms with Crippen LogP contribution in [0.1, 0.15) is 19.4 Å². The third-order valence-corrected chi connectivity index (χ3v) is 4.75. The number of ether oxygens (including phenoxy) is 1. The number of hydrogen-bond donors (Lipinski definition) is 2. The zero-order valence-corrected chi connectivity index (χ0v) is 17.1. The monoisotopic (exact) mass is 378 g/mol. The van der Waals surface area contributed by atoms with Crippen molar-refractivity contribution in [2.24, 2.45) is 23.3 Å². The van der Waals surface area contributed by atoms with Crippen LogP contribution in [-0.2, 0) is 16.0 Å². The van der Waals surface area contributed by atoms with Crippen LogP contribution >= 0.6 is 0 Å². The lowest BCUT2D eigenvalue weighted by atomic mass is 9.79. The maximum absolute atomic E-state index is 12.4. The molecule has 1 rings (SSSR count). The number of carbonyl (C=O) groups is 2. The van der Waals surface area contributed by atoms with Crippen molar-refractivity contribution < 1.29 is 14.3 Å². The fourth-order valence-electron chi connectivity index (χ4n) is 3.11. The van der Waals surface area contributed by atoms with Gasteiger partial charge in [-0.1, -0.05) is 30.3 Å². The number of nitrogens with zero attached hydrogens (tertiary/aromatic N) is 2. The van der Waals surface area contributed by atoms with Gasteiger partial charge < -0.3 is 26.0 Å². The number of hydrogen-bond acceptors (Lipinski definition) is 5. The van der Waals surface area contributed by atoms with Crippen LogP contribution < -0.4 is 11.5 Å². The molecule has 0 saturated carbocycles. The largest absolute Gasteiger partial charge is 0.446 e. The van der Waals surface area contributed by atoms with E-state index in [9.17, 15) is 9.59 Å². The molecule has 27 heavy (non-hydrogen) atoms. The van der Waals surface area contributed by atoms with E-state index in [-0.39, 0.29) is 5.92 Å². The fraction of sp³-hybridized carbons (Fsp3) is 0.600. The Kier molecular flexibility index (Phi) is 9.25. The van der Waals surface area contributed by atoms with E-state index in [1.165, 1.54) is 4.90 Å². The Balaban J connectivity index is 2.93. The molecule has 0 spiro atoms. The van der Waals surface area contributed by atoms with Crippen molar-refractivity contribution in [1.82, 2.24) is 9.80 Å². The topological polar surface area (TPSA) is 102 Å². The van der Waals surface area contributed by atoms with Crippen molar-refractivity contribution in [1.29, 1.82) is 0 Å². The molecule has 0 aliphatic heterocycles. The van der Waals surface area contributed by atoms with Crippen molar-refractivity contribution in [3.63, 3.8) is 0 Å². The first-order valence-corrected chi connectivity index (χ1v) is 9.28. The van der Waals surface area contributed by atoms with E-state index >= 15 is 0 Å². The lowest BCUT2D eigenvalue weighted by molar-refractivity contribution is -0.125. The van der Waals surface area contributed by atoms with Crippen LogP contribution in [0.15, 0.2) is 30.3 Å². The molecule has 152 valence electrons. The molecule has 1 aromatic carbocycles. The molecule has 3 unspecified atom stereocenters. The lowest BCUT2D eigenvalue weighted by Gasteiger charge is -2.33. The fourth-order valence-corrected chi connectivity index (χ4v) is 3.11. The predicted molar refractivity (Wildman–Crippen MR) is 107 cm³/mol. The minimum absolute atomic E-state index is 0.309. The average Bonchev–Trinajstić information content (AvgIpc) is 2.59. The smallest absolute Gasteiger partial charge is 0.409 e. The first-order valence-electron chi connectivity index (χ1n) is 9.28. The first-order chi connectivity index (χ1) is 12.6. The third-order valence-electron chi connectivity index (χ3n) is 4.75. The summed E-state index contributed by atoms with van der Waals surface area (Å²) >= 11 is 0. The summed E-state index contributed by atoms with van der Waals surface area (Å²) in [5, 5.41) is 0. The predicted octanol–water partition coefficient (Wildman–Crippen LogP) is 1.31. The molecule has 2 amide bonds. The SMILES string of the molecule is CC(N)C(C(N)=O)C(Cc1ccccc1)[C@@H](C)OC(=O)N(C)CCN(C)C. The van der Waals surface area contributed by atoms with Gasteiger partial charge in [0.05, 0.1) is 5.92 Å². The van der Waals surface area contributed by atoms with Gasteiger partial charge >= 0.3 is 6.09 Å². The Morgan fingerprint density at radius 1 is 1.07 bits per heavy atom. The molecule has 0 saturated heterocycles. The molecule has 0 aliphatic carbocycles. The van der Waals surface area contributed by atoms with E-state index in [2.05, 4.69) is 0 Å². The number of amides is 2. The number of rotatable bonds is 10. The molecule has 0 heterocycles. The Morgan fingerprint density at radius 3 is 2.15 bits per heavy atom. The Morgan fingerprint density at radius 2 is 1.67 bits per heavy atom. The minimum atomic E-state index is -0.597. The summed E-state index contributed by atoms with van der Waals surface area (Å²) in [6.45, 7) is 4.83. The van der Waals surface area contributed by atoms with Crippen molar-refractivity contribution in [3.8, 4) is 0 Å². The summed E-state index contributed by atoms with van der Waals surface area (Å²) in [5.41, 5.74) is 12.7. The molecular weight excluding hydrogens is 344 g/mol. The molecule has 0 radical (unpaired) electrons. The minimum Gasteiger partial charge on any atom is -0.446 e. The van der Waals surface area contributed by atoms with Gasteiger partial charge in [0.25, 0.3) is 0 Å². The van der Waals surface area contributed by atoms with Crippen molar-refractivity contribution in [2.45, 2.75) is 32.4 Å². The molecular formula is C20H34N4O3. The highest BCUT2D eigenvalue weighted by Crippen LogP contribution is 2.26. The quantitative estimate of drug-likeness (QED) is 0.639. The normalized spacial score (nSPS) is 15.7. The molecule has 0 fully saturated rings. The van der Waals surface area contributed by atoms with E-state index in [1.807, 2.05) is 49.3 Å². The van der Waals surface area contributed by atoms with E-state index < -0.39 is 30.1 Å². The van der Waals surface area contributed by atoms with Crippen LogP contribution in [0.25, 0.3) is 0 Å². The van der Waals surface area contributed by atoms with Crippen LogP contribution in [0.2, 0.25) is 0 Å². The second kappa shape index (κ2) is 10.9. The first kappa shape index (κ1) is 22.9. The highest BCUT2D eigenvalue weighted by atomic mass is 16.6. The van der Waals surface area contributed by atoms with E-state index in [0.29, 0.717) is 13.0 Å². The maximum Gasteiger partial charge on any atom is 0.409 e. The van der Waals surface area contributed by atoms with Gasteiger partial charge in [-0.25, -0.2) is 4.79 Å². The van der Waals surface area contributed by atoms with E-state index in [4.69, 9.17) is 16.2 Å². The van der Waals surface area contributed by atoms with Gasteiger partial charge in [0.15, 0.2) is 0 Å².